The molecule has 0 aromatic carbocycles. The van der Waals surface area contributed by atoms with Gasteiger partial charge in [0.2, 0.25) is 11.8 Å². The van der Waals surface area contributed by atoms with Crippen molar-refractivity contribution in [2.45, 2.75) is 84.9 Å². The Bertz CT molecular complexity index is 583. The molecule has 3 atom stereocenters. The van der Waals surface area contributed by atoms with Crippen LogP contribution in [0.2, 0.25) is 0 Å². The highest BCUT2D eigenvalue weighted by molar-refractivity contribution is 6.43. The summed E-state index contributed by atoms with van der Waals surface area (Å²) >= 11 is 0. The molecule has 166 valence electrons. The van der Waals surface area contributed by atoms with Crippen LogP contribution in [0.4, 0.5) is 4.79 Å². The minimum Gasteiger partial charge on any atom is -0.444 e. The quantitative estimate of drug-likeness (QED) is 0.455. The zero-order chi connectivity index (χ0) is 22.5. The first kappa shape index (κ1) is 25.2. The van der Waals surface area contributed by atoms with Gasteiger partial charge >= 0.3 is 13.2 Å². The van der Waals surface area contributed by atoms with Gasteiger partial charge < -0.3 is 30.3 Å². The number of ether oxygens (including phenoxy) is 1. The molecule has 3 amide bonds. The lowest BCUT2D eigenvalue weighted by Crippen LogP contribution is -2.58. The molecule has 0 bridgehead atoms. The third-order valence-corrected chi connectivity index (χ3v) is 4.79. The number of rotatable bonds is 7. The van der Waals surface area contributed by atoms with E-state index in [1.165, 1.54) is 4.90 Å². The first-order valence-electron chi connectivity index (χ1n) is 10.2. The van der Waals surface area contributed by atoms with Crippen LogP contribution in [0.25, 0.3) is 0 Å². The zero-order valence-electron chi connectivity index (χ0n) is 18.6. The van der Waals surface area contributed by atoms with Gasteiger partial charge in [-0.25, -0.2) is 4.79 Å². The van der Waals surface area contributed by atoms with Crippen molar-refractivity contribution in [1.29, 1.82) is 0 Å². The Hall–Kier alpha value is -1.81. The van der Waals surface area contributed by atoms with Gasteiger partial charge in [-0.05, 0) is 45.4 Å². The van der Waals surface area contributed by atoms with E-state index < -0.39 is 42.7 Å². The minimum atomic E-state index is -1.69. The second-order valence-corrected chi connectivity index (χ2v) is 9.25. The molecule has 0 radical (unpaired) electrons. The molecule has 1 unspecified atom stereocenters. The number of nitrogens with one attached hydrogen (secondary N) is 2. The molecule has 1 aliphatic rings. The predicted octanol–water partition coefficient (Wildman–Crippen LogP) is 0.680. The SMILES string of the molecule is CC(C)C(NC(=O)[C@@H]1CCCN1C(=O)[C@@H](NC(=O)OC(C)(C)C)C(C)C)B(O)O. The number of nitrogens with zero attached hydrogens (tertiary/aromatic N) is 1. The lowest BCUT2D eigenvalue weighted by atomic mass is 9.73. The van der Waals surface area contributed by atoms with Gasteiger partial charge in [-0.3, -0.25) is 9.59 Å². The fraction of sp³-hybridized carbons (Fsp3) is 0.842. The van der Waals surface area contributed by atoms with Crippen molar-refractivity contribution in [3.8, 4) is 0 Å². The maximum absolute atomic E-state index is 13.1. The summed E-state index contributed by atoms with van der Waals surface area (Å²) in [5, 5.41) is 24.3. The normalized spacial score (nSPS) is 19.1. The van der Waals surface area contributed by atoms with E-state index in [2.05, 4.69) is 10.6 Å². The van der Waals surface area contributed by atoms with Gasteiger partial charge in [-0.2, -0.15) is 0 Å². The Morgan fingerprint density at radius 2 is 1.66 bits per heavy atom. The highest BCUT2D eigenvalue weighted by atomic mass is 16.6. The molecular weight excluding hydrogens is 377 g/mol. The molecular formula is C19H36BN3O6. The first-order chi connectivity index (χ1) is 13.2. The number of carbonyl (C=O) groups is 3. The van der Waals surface area contributed by atoms with Gasteiger partial charge in [0, 0.05) is 6.54 Å². The van der Waals surface area contributed by atoms with Crippen LogP contribution in [-0.4, -0.2) is 70.1 Å². The molecule has 4 N–H and O–H groups in total. The van der Waals surface area contributed by atoms with Crippen molar-refractivity contribution in [2.24, 2.45) is 11.8 Å². The fourth-order valence-corrected chi connectivity index (χ4v) is 3.28. The van der Waals surface area contributed by atoms with E-state index in [-0.39, 0.29) is 17.7 Å². The zero-order valence-corrected chi connectivity index (χ0v) is 18.6. The van der Waals surface area contributed by atoms with Crippen molar-refractivity contribution in [1.82, 2.24) is 15.5 Å². The largest absolute Gasteiger partial charge is 0.475 e. The second kappa shape index (κ2) is 10.3. The summed E-state index contributed by atoms with van der Waals surface area (Å²) in [4.78, 5) is 39.5. The lowest BCUT2D eigenvalue weighted by molar-refractivity contribution is -0.141. The van der Waals surface area contributed by atoms with Crippen LogP contribution >= 0.6 is 0 Å². The number of hydrogen-bond acceptors (Lipinski definition) is 6. The van der Waals surface area contributed by atoms with E-state index in [4.69, 9.17) is 4.74 Å². The summed E-state index contributed by atoms with van der Waals surface area (Å²) in [5.41, 5.74) is -0.693. The van der Waals surface area contributed by atoms with Crippen LogP contribution in [0.5, 0.6) is 0 Å². The van der Waals surface area contributed by atoms with E-state index in [1.807, 2.05) is 13.8 Å². The molecule has 0 spiro atoms. The van der Waals surface area contributed by atoms with Gasteiger partial charge in [-0.15, -0.1) is 0 Å². The van der Waals surface area contributed by atoms with Crippen LogP contribution in [-0.2, 0) is 14.3 Å². The third-order valence-electron chi connectivity index (χ3n) is 4.79. The Labute approximate surface area is 173 Å². The molecule has 1 aliphatic heterocycles. The van der Waals surface area contributed by atoms with Gasteiger partial charge in [-0.1, -0.05) is 27.7 Å². The van der Waals surface area contributed by atoms with E-state index >= 15 is 0 Å². The molecule has 29 heavy (non-hydrogen) atoms. The van der Waals surface area contributed by atoms with E-state index in [0.717, 1.165) is 0 Å². The topological polar surface area (TPSA) is 128 Å². The van der Waals surface area contributed by atoms with Crippen LogP contribution in [0, 0.1) is 11.8 Å². The third kappa shape index (κ3) is 7.51. The Balaban J connectivity index is 2.90. The smallest absolute Gasteiger partial charge is 0.444 e. The second-order valence-electron chi connectivity index (χ2n) is 9.25. The highest BCUT2D eigenvalue weighted by Crippen LogP contribution is 2.21. The molecule has 10 heteroatoms. The van der Waals surface area contributed by atoms with Crippen molar-refractivity contribution in [3.63, 3.8) is 0 Å². The number of alkyl carbamates (subject to hydrolysis) is 1. The van der Waals surface area contributed by atoms with Gasteiger partial charge in [0.15, 0.2) is 0 Å². The highest BCUT2D eigenvalue weighted by Gasteiger charge is 2.40. The maximum Gasteiger partial charge on any atom is 0.475 e. The maximum atomic E-state index is 13.1. The Kier molecular flexibility index (Phi) is 8.95. The van der Waals surface area contributed by atoms with Crippen molar-refractivity contribution in [2.75, 3.05) is 6.54 Å². The number of hydrogen-bond donors (Lipinski definition) is 4. The molecule has 0 aromatic rings. The minimum absolute atomic E-state index is 0.193. The van der Waals surface area contributed by atoms with Crippen LogP contribution in [0.3, 0.4) is 0 Å². The fourth-order valence-electron chi connectivity index (χ4n) is 3.28. The average molecular weight is 413 g/mol. The molecule has 0 aliphatic carbocycles. The molecule has 1 saturated heterocycles. The summed E-state index contributed by atoms with van der Waals surface area (Å²) < 4.78 is 5.26. The lowest BCUT2D eigenvalue weighted by Gasteiger charge is -2.32. The molecule has 9 nitrogen and oxygen atoms in total. The van der Waals surface area contributed by atoms with Crippen LogP contribution < -0.4 is 10.6 Å². The molecule has 0 saturated carbocycles. The first-order valence-corrected chi connectivity index (χ1v) is 10.2. The average Bonchev–Trinajstić information content (AvgIpc) is 3.04. The van der Waals surface area contributed by atoms with E-state index in [1.54, 1.807) is 34.6 Å². The van der Waals surface area contributed by atoms with Crippen molar-refractivity contribution >= 4 is 25.0 Å². The van der Waals surface area contributed by atoms with Crippen LogP contribution in [0.15, 0.2) is 0 Å². The van der Waals surface area contributed by atoms with Gasteiger partial charge in [0.25, 0.3) is 0 Å². The number of carbonyl (C=O) groups excluding carboxylic acids is 3. The molecule has 1 rings (SSSR count). The van der Waals surface area contributed by atoms with Crippen molar-refractivity contribution in [3.05, 3.63) is 0 Å². The molecule has 0 aromatic heterocycles. The van der Waals surface area contributed by atoms with E-state index in [0.29, 0.717) is 19.4 Å². The van der Waals surface area contributed by atoms with Crippen LogP contribution in [0.1, 0.15) is 61.3 Å². The predicted molar refractivity (Wildman–Crippen MR) is 110 cm³/mol. The standard InChI is InChI=1S/C19H36BN3O6/c1-11(2)14(21-18(26)29-19(5,6)7)17(25)23-10-8-9-13(23)16(24)22-15(12(3)4)20(27)28/h11-15,27-28H,8-10H2,1-7H3,(H,21,26)(H,22,24)/t13-,14-,15?/m0/s1. The summed E-state index contributed by atoms with van der Waals surface area (Å²) in [5.74, 6) is -2.01. The monoisotopic (exact) mass is 413 g/mol. The summed E-state index contributed by atoms with van der Waals surface area (Å²) in [7, 11) is -1.69. The Morgan fingerprint density at radius 1 is 1.07 bits per heavy atom. The van der Waals surface area contributed by atoms with Crippen molar-refractivity contribution < 1.29 is 29.2 Å². The Morgan fingerprint density at radius 3 is 2.10 bits per heavy atom. The number of likely N-dealkylation sites (tertiary alicyclic amines) is 1. The summed E-state index contributed by atoms with van der Waals surface area (Å²) in [6, 6.07) is -1.55. The summed E-state index contributed by atoms with van der Waals surface area (Å²) in [6.07, 6.45) is 0.434. The molecule has 1 fully saturated rings. The van der Waals surface area contributed by atoms with E-state index in [9.17, 15) is 24.4 Å². The molecule has 1 heterocycles. The number of amides is 3. The van der Waals surface area contributed by atoms with Gasteiger partial charge in [0.1, 0.15) is 17.7 Å². The van der Waals surface area contributed by atoms with Gasteiger partial charge in [0.05, 0.1) is 5.94 Å². The summed E-state index contributed by atoms with van der Waals surface area (Å²) in [6.45, 7) is 12.7.